The standard InChI is InChI=1S/C22H25N3O2/c1-4-27-18-11-9-17(10-12-18)24-14-16(13-21(24)26)22-23-19-7-5-6-8-20(19)25(22)15(2)3/h5-12,15-16H,4,13-14H2,1-3H3/t16-/m0/s1. The Morgan fingerprint density at radius 2 is 1.89 bits per heavy atom. The Bertz CT molecular complexity index is 959. The highest BCUT2D eigenvalue weighted by molar-refractivity contribution is 5.96. The van der Waals surface area contributed by atoms with Crippen LogP contribution in [-0.2, 0) is 4.79 Å². The molecule has 140 valence electrons. The van der Waals surface area contributed by atoms with Crippen molar-refractivity contribution in [1.82, 2.24) is 9.55 Å². The molecule has 0 N–H and O–H groups in total. The zero-order valence-electron chi connectivity index (χ0n) is 16.1. The first-order chi connectivity index (χ1) is 13.1. The third kappa shape index (κ3) is 3.18. The number of ether oxygens (including phenoxy) is 1. The molecular weight excluding hydrogens is 338 g/mol. The van der Waals surface area contributed by atoms with Gasteiger partial charge in [-0.15, -0.1) is 0 Å². The van der Waals surface area contributed by atoms with Gasteiger partial charge >= 0.3 is 0 Å². The number of para-hydroxylation sites is 2. The summed E-state index contributed by atoms with van der Waals surface area (Å²) in [6.07, 6.45) is 0.489. The first kappa shape index (κ1) is 17.6. The SMILES string of the molecule is CCOc1ccc(N2C[C@@H](c3nc4ccccc4n3C(C)C)CC2=O)cc1. The summed E-state index contributed by atoms with van der Waals surface area (Å²) in [5, 5.41) is 0. The van der Waals surface area contributed by atoms with Gasteiger partial charge in [0.25, 0.3) is 0 Å². The van der Waals surface area contributed by atoms with Crippen molar-refractivity contribution in [3.8, 4) is 5.75 Å². The molecular formula is C22H25N3O2. The summed E-state index contributed by atoms with van der Waals surface area (Å²) in [7, 11) is 0. The van der Waals surface area contributed by atoms with Crippen molar-refractivity contribution in [1.29, 1.82) is 0 Å². The lowest BCUT2D eigenvalue weighted by Crippen LogP contribution is -2.24. The topological polar surface area (TPSA) is 47.4 Å². The van der Waals surface area contributed by atoms with Crippen molar-refractivity contribution < 1.29 is 9.53 Å². The van der Waals surface area contributed by atoms with Crippen LogP contribution in [0.5, 0.6) is 5.75 Å². The normalized spacial score (nSPS) is 17.3. The van der Waals surface area contributed by atoms with E-state index in [9.17, 15) is 4.79 Å². The minimum atomic E-state index is 0.0962. The Labute approximate surface area is 159 Å². The van der Waals surface area contributed by atoms with Gasteiger partial charge in [-0.3, -0.25) is 4.79 Å². The van der Waals surface area contributed by atoms with E-state index in [1.807, 2.05) is 54.3 Å². The summed E-state index contributed by atoms with van der Waals surface area (Å²) in [6.45, 7) is 7.58. The van der Waals surface area contributed by atoms with E-state index in [-0.39, 0.29) is 11.8 Å². The third-order valence-corrected chi connectivity index (χ3v) is 5.09. The summed E-state index contributed by atoms with van der Waals surface area (Å²) in [5.41, 5.74) is 3.04. The molecule has 3 aromatic rings. The molecule has 1 aromatic heterocycles. The molecule has 0 bridgehead atoms. The van der Waals surface area contributed by atoms with Crippen LogP contribution >= 0.6 is 0 Å². The minimum absolute atomic E-state index is 0.0962. The number of anilines is 1. The highest BCUT2D eigenvalue weighted by Gasteiger charge is 2.35. The highest BCUT2D eigenvalue weighted by atomic mass is 16.5. The summed E-state index contributed by atoms with van der Waals surface area (Å²) in [6, 6.07) is 16.2. The number of imidazole rings is 1. The molecule has 1 amide bonds. The van der Waals surface area contributed by atoms with Crippen LogP contribution in [0.4, 0.5) is 5.69 Å². The van der Waals surface area contributed by atoms with E-state index < -0.39 is 0 Å². The number of carbonyl (C=O) groups excluding carboxylic acids is 1. The van der Waals surface area contributed by atoms with E-state index >= 15 is 0 Å². The average molecular weight is 363 g/mol. The second-order valence-electron chi connectivity index (χ2n) is 7.25. The highest BCUT2D eigenvalue weighted by Crippen LogP contribution is 2.35. The smallest absolute Gasteiger partial charge is 0.227 e. The van der Waals surface area contributed by atoms with Crippen LogP contribution in [0.25, 0.3) is 11.0 Å². The summed E-state index contributed by atoms with van der Waals surface area (Å²) in [4.78, 5) is 19.5. The quantitative estimate of drug-likeness (QED) is 0.669. The van der Waals surface area contributed by atoms with Crippen molar-refractivity contribution in [2.75, 3.05) is 18.1 Å². The molecule has 0 saturated carbocycles. The van der Waals surface area contributed by atoms with Crippen molar-refractivity contribution in [3.63, 3.8) is 0 Å². The number of hydrogen-bond acceptors (Lipinski definition) is 3. The Kier molecular flexibility index (Phi) is 4.60. The number of hydrogen-bond donors (Lipinski definition) is 0. The number of fused-ring (bicyclic) bond motifs is 1. The van der Waals surface area contributed by atoms with Crippen LogP contribution in [0.1, 0.15) is 45.0 Å². The number of carbonyl (C=O) groups is 1. The van der Waals surface area contributed by atoms with Gasteiger partial charge in [-0.25, -0.2) is 4.98 Å². The van der Waals surface area contributed by atoms with E-state index in [2.05, 4.69) is 24.5 Å². The second-order valence-corrected chi connectivity index (χ2v) is 7.25. The van der Waals surface area contributed by atoms with E-state index in [1.165, 1.54) is 0 Å². The zero-order valence-corrected chi connectivity index (χ0v) is 16.1. The van der Waals surface area contributed by atoms with Gasteiger partial charge in [0.1, 0.15) is 11.6 Å². The molecule has 27 heavy (non-hydrogen) atoms. The molecule has 0 aliphatic carbocycles. The second kappa shape index (κ2) is 7.06. The van der Waals surface area contributed by atoms with Crippen molar-refractivity contribution in [2.24, 2.45) is 0 Å². The largest absolute Gasteiger partial charge is 0.494 e. The minimum Gasteiger partial charge on any atom is -0.494 e. The molecule has 1 atom stereocenters. The van der Waals surface area contributed by atoms with Gasteiger partial charge in [-0.2, -0.15) is 0 Å². The Morgan fingerprint density at radius 1 is 1.15 bits per heavy atom. The average Bonchev–Trinajstić information content (AvgIpc) is 3.23. The maximum absolute atomic E-state index is 12.7. The molecule has 2 aromatic carbocycles. The Balaban J connectivity index is 1.64. The van der Waals surface area contributed by atoms with Crippen molar-refractivity contribution in [3.05, 3.63) is 54.4 Å². The molecule has 1 aliphatic rings. The predicted molar refractivity (Wildman–Crippen MR) is 107 cm³/mol. The lowest BCUT2D eigenvalue weighted by Gasteiger charge is -2.19. The Morgan fingerprint density at radius 3 is 2.59 bits per heavy atom. The molecule has 4 rings (SSSR count). The van der Waals surface area contributed by atoms with E-state index in [0.717, 1.165) is 28.3 Å². The lowest BCUT2D eigenvalue weighted by atomic mass is 10.1. The van der Waals surface area contributed by atoms with Crippen molar-refractivity contribution in [2.45, 2.75) is 39.2 Å². The first-order valence-electron chi connectivity index (χ1n) is 9.58. The summed E-state index contributed by atoms with van der Waals surface area (Å²) in [5.74, 6) is 2.07. The van der Waals surface area contributed by atoms with Gasteiger partial charge in [0, 0.05) is 30.6 Å². The predicted octanol–water partition coefficient (Wildman–Crippen LogP) is 4.54. The number of benzene rings is 2. The maximum Gasteiger partial charge on any atom is 0.227 e. The van der Waals surface area contributed by atoms with E-state index in [1.54, 1.807) is 0 Å². The molecule has 0 spiro atoms. The van der Waals surface area contributed by atoms with E-state index in [4.69, 9.17) is 9.72 Å². The van der Waals surface area contributed by atoms with Gasteiger partial charge in [0.15, 0.2) is 0 Å². The fraction of sp³-hybridized carbons (Fsp3) is 0.364. The number of rotatable bonds is 5. The van der Waals surface area contributed by atoms with Gasteiger partial charge in [-0.1, -0.05) is 12.1 Å². The summed E-state index contributed by atoms with van der Waals surface area (Å²) < 4.78 is 7.77. The fourth-order valence-electron chi connectivity index (χ4n) is 3.91. The van der Waals surface area contributed by atoms with Crippen LogP contribution in [0.3, 0.4) is 0 Å². The number of nitrogens with zero attached hydrogens (tertiary/aromatic N) is 3. The van der Waals surface area contributed by atoms with Crippen LogP contribution < -0.4 is 9.64 Å². The molecule has 2 heterocycles. The molecule has 5 heteroatoms. The fourth-order valence-corrected chi connectivity index (χ4v) is 3.91. The van der Waals surface area contributed by atoms with Crippen LogP contribution in [-0.4, -0.2) is 28.6 Å². The molecule has 0 radical (unpaired) electrons. The lowest BCUT2D eigenvalue weighted by molar-refractivity contribution is -0.117. The summed E-state index contributed by atoms with van der Waals surface area (Å²) >= 11 is 0. The van der Waals surface area contributed by atoms with Gasteiger partial charge in [-0.05, 0) is 57.2 Å². The molecule has 5 nitrogen and oxygen atoms in total. The van der Waals surface area contributed by atoms with Gasteiger partial charge in [0.2, 0.25) is 5.91 Å². The van der Waals surface area contributed by atoms with Gasteiger partial charge in [0.05, 0.1) is 17.6 Å². The van der Waals surface area contributed by atoms with Gasteiger partial charge < -0.3 is 14.2 Å². The molecule has 1 saturated heterocycles. The van der Waals surface area contributed by atoms with Crippen LogP contribution in [0, 0.1) is 0 Å². The van der Waals surface area contributed by atoms with Crippen LogP contribution in [0.15, 0.2) is 48.5 Å². The maximum atomic E-state index is 12.7. The molecule has 1 fully saturated rings. The number of aromatic nitrogens is 2. The monoisotopic (exact) mass is 363 g/mol. The third-order valence-electron chi connectivity index (χ3n) is 5.09. The number of amides is 1. The van der Waals surface area contributed by atoms with Crippen LogP contribution in [0.2, 0.25) is 0 Å². The first-order valence-corrected chi connectivity index (χ1v) is 9.58. The molecule has 0 unspecified atom stereocenters. The molecule has 1 aliphatic heterocycles. The van der Waals surface area contributed by atoms with E-state index in [0.29, 0.717) is 25.6 Å². The zero-order chi connectivity index (χ0) is 19.0. The van der Waals surface area contributed by atoms with Crippen molar-refractivity contribution >= 4 is 22.6 Å². The Hall–Kier alpha value is -2.82.